The van der Waals surface area contributed by atoms with Gasteiger partial charge in [0.1, 0.15) is 17.3 Å². The first-order valence-electron chi connectivity index (χ1n) is 6.14. The molecule has 20 heavy (non-hydrogen) atoms. The van der Waals surface area contributed by atoms with Crippen molar-refractivity contribution in [3.8, 4) is 0 Å². The fourth-order valence-corrected chi connectivity index (χ4v) is 2.03. The van der Waals surface area contributed by atoms with Crippen molar-refractivity contribution in [2.45, 2.75) is 33.0 Å². The highest BCUT2D eigenvalue weighted by molar-refractivity contribution is 5.40. The lowest BCUT2D eigenvalue weighted by atomic mass is 10.1. The lowest BCUT2D eigenvalue weighted by molar-refractivity contribution is -0.137. The number of alkyl halides is 3. The summed E-state index contributed by atoms with van der Waals surface area (Å²) in [5, 5.41) is 3.05. The lowest BCUT2D eigenvalue weighted by Crippen LogP contribution is -2.10. The second kappa shape index (κ2) is 5.19. The first kappa shape index (κ1) is 14.4. The minimum absolute atomic E-state index is 0.100. The van der Waals surface area contributed by atoms with Crippen LogP contribution in [0.5, 0.6) is 0 Å². The molecule has 0 aliphatic rings. The molecule has 108 valence electrons. The average Bonchev–Trinajstić information content (AvgIpc) is 2.68. The predicted molar refractivity (Wildman–Crippen MR) is 69.5 cm³/mol. The number of furan rings is 1. The molecule has 6 heteroatoms. The number of halogens is 3. The average molecular weight is 284 g/mol. The summed E-state index contributed by atoms with van der Waals surface area (Å²) in [6, 6.07) is 4.13. The Bertz CT molecular complexity index is 587. The van der Waals surface area contributed by atoms with Gasteiger partial charge in [-0.25, -0.2) is 4.98 Å². The molecule has 0 fully saturated rings. The molecule has 2 aromatic rings. The van der Waals surface area contributed by atoms with Crippen LogP contribution in [0.3, 0.4) is 0 Å². The number of nitrogens with one attached hydrogen (secondary N) is 1. The van der Waals surface area contributed by atoms with Crippen LogP contribution in [0.25, 0.3) is 0 Å². The smallest absolute Gasteiger partial charge is 0.417 e. The van der Waals surface area contributed by atoms with Crippen molar-refractivity contribution in [2.24, 2.45) is 0 Å². The molecule has 0 aliphatic heterocycles. The number of nitrogens with zero attached hydrogens (tertiary/aromatic N) is 1. The minimum atomic E-state index is -4.37. The Balaban J connectivity index is 2.12. The summed E-state index contributed by atoms with van der Waals surface area (Å²) in [7, 11) is 0. The van der Waals surface area contributed by atoms with Crippen molar-refractivity contribution in [3.05, 3.63) is 47.0 Å². The van der Waals surface area contributed by atoms with Crippen LogP contribution in [-0.4, -0.2) is 4.98 Å². The molecule has 2 heterocycles. The molecule has 1 atom stereocenters. The molecule has 1 N–H and O–H groups in total. The molecule has 0 aliphatic carbocycles. The maximum absolute atomic E-state index is 12.4. The van der Waals surface area contributed by atoms with E-state index < -0.39 is 11.7 Å². The van der Waals surface area contributed by atoms with Gasteiger partial charge in [-0.2, -0.15) is 13.2 Å². The topological polar surface area (TPSA) is 38.1 Å². The molecule has 1 unspecified atom stereocenters. The van der Waals surface area contributed by atoms with Crippen molar-refractivity contribution in [1.29, 1.82) is 0 Å². The van der Waals surface area contributed by atoms with Crippen LogP contribution >= 0.6 is 0 Å². The number of rotatable bonds is 3. The summed E-state index contributed by atoms with van der Waals surface area (Å²) >= 11 is 0. The number of aromatic nitrogens is 1. The lowest BCUT2D eigenvalue weighted by Gasteiger charge is -2.14. The third kappa shape index (κ3) is 3.12. The van der Waals surface area contributed by atoms with Crippen molar-refractivity contribution >= 4 is 5.82 Å². The Labute approximate surface area is 114 Å². The Morgan fingerprint density at radius 1 is 1.25 bits per heavy atom. The van der Waals surface area contributed by atoms with E-state index in [1.54, 1.807) is 0 Å². The fourth-order valence-electron chi connectivity index (χ4n) is 2.03. The highest BCUT2D eigenvalue weighted by Crippen LogP contribution is 2.29. The van der Waals surface area contributed by atoms with Gasteiger partial charge in [-0.1, -0.05) is 0 Å². The van der Waals surface area contributed by atoms with E-state index in [9.17, 15) is 13.2 Å². The van der Waals surface area contributed by atoms with E-state index >= 15 is 0 Å². The summed E-state index contributed by atoms with van der Waals surface area (Å²) in [5.41, 5.74) is 0.204. The molecule has 0 spiro atoms. The van der Waals surface area contributed by atoms with Gasteiger partial charge >= 0.3 is 6.18 Å². The van der Waals surface area contributed by atoms with Crippen LogP contribution in [0.15, 0.2) is 28.8 Å². The maximum atomic E-state index is 12.4. The summed E-state index contributed by atoms with van der Waals surface area (Å²) in [5.74, 6) is 1.98. The molecule has 3 nitrogen and oxygen atoms in total. The second-order valence-corrected chi connectivity index (χ2v) is 4.66. The van der Waals surface area contributed by atoms with Crippen molar-refractivity contribution in [1.82, 2.24) is 4.98 Å². The summed E-state index contributed by atoms with van der Waals surface area (Å²) in [4.78, 5) is 3.79. The monoisotopic (exact) mass is 284 g/mol. The van der Waals surface area contributed by atoms with Crippen LogP contribution in [0.2, 0.25) is 0 Å². The quantitative estimate of drug-likeness (QED) is 0.902. The zero-order valence-electron chi connectivity index (χ0n) is 11.4. The van der Waals surface area contributed by atoms with Gasteiger partial charge < -0.3 is 9.73 Å². The first-order valence-corrected chi connectivity index (χ1v) is 6.14. The largest absolute Gasteiger partial charge is 0.466 e. The van der Waals surface area contributed by atoms with E-state index in [-0.39, 0.29) is 6.04 Å². The van der Waals surface area contributed by atoms with E-state index in [1.165, 1.54) is 6.07 Å². The number of pyridine rings is 1. The standard InChI is InChI=1S/C14H15F3N2O/c1-8-6-12(10(3)20-8)9(2)19-13-5-4-11(7-18-13)14(15,16)17/h4-7,9H,1-3H3,(H,18,19). The van der Waals surface area contributed by atoms with Gasteiger partial charge in [-0.05, 0) is 39.0 Å². The normalized spacial score (nSPS) is 13.3. The molecule has 0 saturated carbocycles. The Morgan fingerprint density at radius 3 is 2.40 bits per heavy atom. The highest BCUT2D eigenvalue weighted by atomic mass is 19.4. The van der Waals surface area contributed by atoms with E-state index in [1.807, 2.05) is 26.8 Å². The van der Waals surface area contributed by atoms with Gasteiger partial charge in [0.25, 0.3) is 0 Å². The van der Waals surface area contributed by atoms with Gasteiger partial charge in [0.2, 0.25) is 0 Å². The van der Waals surface area contributed by atoms with Crippen LogP contribution in [0, 0.1) is 13.8 Å². The molecule has 0 aromatic carbocycles. The van der Waals surface area contributed by atoms with Gasteiger partial charge in [0.15, 0.2) is 0 Å². The molecule has 2 aromatic heterocycles. The fraction of sp³-hybridized carbons (Fsp3) is 0.357. The van der Waals surface area contributed by atoms with Gasteiger partial charge in [-0.3, -0.25) is 0 Å². The predicted octanol–water partition coefficient (Wildman–Crippen LogP) is 4.48. The third-order valence-electron chi connectivity index (χ3n) is 3.00. The maximum Gasteiger partial charge on any atom is 0.417 e. The van der Waals surface area contributed by atoms with E-state index in [4.69, 9.17) is 4.42 Å². The van der Waals surface area contributed by atoms with E-state index in [2.05, 4.69) is 10.3 Å². The molecule has 0 saturated heterocycles. The van der Waals surface area contributed by atoms with Crippen molar-refractivity contribution in [2.75, 3.05) is 5.32 Å². The van der Waals surface area contributed by atoms with Crippen LogP contribution in [0.4, 0.5) is 19.0 Å². The Morgan fingerprint density at radius 2 is 1.95 bits per heavy atom. The zero-order chi connectivity index (χ0) is 14.9. The number of hydrogen-bond acceptors (Lipinski definition) is 3. The van der Waals surface area contributed by atoms with Crippen molar-refractivity contribution < 1.29 is 17.6 Å². The summed E-state index contributed by atoms with van der Waals surface area (Å²) in [6.07, 6.45) is -3.54. The Kier molecular flexibility index (Phi) is 3.74. The summed E-state index contributed by atoms with van der Waals surface area (Å²) in [6.45, 7) is 5.59. The second-order valence-electron chi connectivity index (χ2n) is 4.66. The SMILES string of the molecule is Cc1cc(C(C)Nc2ccc(C(F)(F)F)cn2)c(C)o1. The number of aryl methyl sites for hydroxylation is 2. The summed E-state index contributed by atoms with van der Waals surface area (Å²) < 4.78 is 42.7. The number of hydrogen-bond donors (Lipinski definition) is 1. The minimum Gasteiger partial charge on any atom is -0.466 e. The molecular weight excluding hydrogens is 269 g/mol. The molecule has 0 bridgehead atoms. The van der Waals surface area contributed by atoms with E-state index in [0.29, 0.717) is 5.82 Å². The van der Waals surface area contributed by atoms with Crippen molar-refractivity contribution in [3.63, 3.8) is 0 Å². The van der Waals surface area contributed by atoms with Crippen LogP contribution < -0.4 is 5.32 Å². The van der Waals surface area contributed by atoms with Crippen LogP contribution in [-0.2, 0) is 6.18 Å². The first-order chi connectivity index (χ1) is 9.27. The number of anilines is 1. The zero-order valence-corrected chi connectivity index (χ0v) is 11.4. The third-order valence-corrected chi connectivity index (χ3v) is 3.00. The van der Waals surface area contributed by atoms with Gasteiger partial charge in [-0.15, -0.1) is 0 Å². The molecule has 2 rings (SSSR count). The highest BCUT2D eigenvalue weighted by Gasteiger charge is 2.30. The molecule has 0 amide bonds. The molecule has 0 radical (unpaired) electrons. The Hall–Kier alpha value is -1.98. The van der Waals surface area contributed by atoms with Crippen LogP contribution in [0.1, 0.15) is 35.6 Å². The molecular formula is C14H15F3N2O. The van der Waals surface area contributed by atoms with Gasteiger partial charge in [0.05, 0.1) is 11.6 Å². The van der Waals surface area contributed by atoms with Gasteiger partial charge in [0, 0.05) is 11.8 Å². The van der Waals surface area contributed by atoms with E-state index in [0.717, 1.165) is 29.3 Å².